The van der Waals surface area contributed by atoms with Crippen LogP contribution < -0.4 is 0 Å². The van der Waals surface area contributed by atoms with E-state index in [2.05, 4.69) is 49.4 Å². The van der Waals surface area contributed by atoms with Crippen molar-refractivity contribution in [2.24, 2.45) is 0 Å². The third-order valence-corrected chi connectivity index (χ3v) is 3.31. The van der Waals surface area contributed by atoms with Crippen LogP contribution in [-0.2, 0) is 0 Å². The Bertz CT molecular complexity index is 451. The highest BCUT2D eigenvalue weighted by atomic mass is 14.3. The summed E-state index contributed by atoms with van der Waals surface area (Å²) in [5.41, 5.74) is 5.74. The van der Waals surface area contributed by atoms with Gasteiger partial charge in [-0.1, -0.05) is 43.3 Å². The average Bonchev–Trinajstić information content (AvgIpc) is 2.63. The van der Waals surface area contributed by atoms with E-state index in [0.29, 0.717) is 5.92 Å². The Morgan fingerprint density at radius 1 is 1.07 bits per heavy atom. The number of hydrogen-bond donors (Lipinski definition) is 0. The molecule has 0 saturated heterocycles. The average molecular weight is 193 g/mol. The molecule has 0 amide bonds. The van der Waals surface area contributed by atoms with Gasteiger partial charge in [-0.3, -0.25) is 0 Å². The Hall–Kier alpha value is -1.56. The van der Waals surface area contributed by atoms with Gasteiger partial charge >= 0.3 is 0 Å². The van der Waals surface area contributed by atoms with Gasteiger partial charge in [0.2, 0.25) is 0 Å². The van der Waals surface area contributed by atoms with E-state index in [4.69, 9.17) is 0 Å². The molecular weight excluding hydrogens is 180 g/mol. The van der Waals surface area contributed by atoms with Gasteiger partial charge in [-0.2, -0.15) is 0 Å². The second-order valence-electron chi connectivity index (χ2n) is 4.06. The van der Waals surface area contributed by atoms with Gasteiger partial charge in [-0.25, -0.2) is 0 Å². The van der Waals surface area contributed by atoms with Crippen LogP contribution in [0, 0.1) is 6.07 Å². The molecule has 0 saturated carbocycles. The zero-order valence-corrected chi connectivity index (χ0v) is 8.83. The van der Waals surface area contributed by atoms with E-state index < -0.39 is 0 Å². The van der Waals surface area contributed by atoms with Crippen molar-refractivity contribution in [3.8, 4) is 11.1 Å². The van der Waals surface area contributed by atoms with Crippen molar-refractivity contribution < 1.29 is 0 Å². The second kappa shape index (κ2) is 3.23. The summed E-state index contributed by atoms with van der Waals surface area (Å²) in [6.45, 7) is 2.25. The zero-order valence-electron chi connectivity index (χ0n) is 8.83. The minimum atomic E-state index is 0.577. The van der Waals surface area contributed by atoms with Gasteiger partial charge in [0.15, 0.2) is 0 Å². The van der Waals surface area contributed by atoms with Gasteiger partial charge in [0.05, 0.1) is 0 Å². The van der Waals surface area contributed by atoms with Crippen LogP contribution in [0.15, 0.2) is 42.5 Å². The fourth-order valence-corrected chi connectivity index (χ4v) is 2.63. The van der Waals surface area contributed by atoms with Gasteiger partial charge in [0.25, 0.3) is 0 Å². The van der Waals surface area contributed by atoms with Crippen molar-refractivity contribution in [1.29, 1.82) is 0 Å². The lowest BCUT2D eigenvalue weighted by Gasteiger charge is -2.09. The lowest BCUT2D eigenvalue weighted by Crippen LogP contribution is -1.93. The van der Waals surface area contributed by atoms with E-state index in [9.17, 15) is 0 Å². The molecule has 0 spiro atoms. The highest BCUT2D eigenvalue weighted by molar-refractivity contribution is 5.78. The molecule has 3 rings (SSSR count). The van der Waals surface area contributed by atoms with Crippen LogP contribution in [0.1, 0.15) is 30.4 Å². The minimum absolute atomic E-state index is 0.577. The van der Waals surface area contributed by atoms with Crippen molar-refractivity contribution in [1.82, 2.24) is 0 Å². The molecule has 2 aromatic rings. The largest absolute Gasteiger partial charge is 0.0645 e. The third kappa shape index (κ3) is 1.14. The summed E-state index contributed by atoms with van der Waals surface area (Å²) in [4.78, 5) is 0. The van der Waals surface area contributed by atoms with Gasteiger partial charge in [0, 0.05) is 5.92 Å². The number of hydrogen-bond acceptors (Lipinski definition) is 0. The molecule has 1 radical (unpaired) electrons. The molecule has 0 bridgehead atoms. The Balaban J connectivity index is 2.31. The Kier molecular flexibility index (Phi) is 1.88. The summed E-state index contributed by atoms with van der Waals surface area (Å²) < 4.78 is 0. The van der Waals surface area contributed by atoms with Crippen LogP contribution in [0.25, 0.3) is 11.1 Å². The molecule has 1 unspecified atom stereocenters. The van der Waals surface area contributed by atoms with Crippen molar-refractivity contribution in [3.05, 3.63) is 59.7 Å². The van der Waals surface area contributed by atoms with E-state index in [1.165, 1.54) is 28.7 Å². The Morgan fingerprint density at radius 2 is 1.87 bits per heavy atom. The molecule has 2 aromatic carbocycles. The number of rotatable bonds is 1. The Morgan fingerprint density at radius 3 is 2.73 bits per heavy atom. The number of fused-ring (bicyclic) bond motifs is 3. The standard InChI is InChI=1S/C15H13/c1-2-11-12-7-3-5-9-14(12)15-10-6-4-8-13(11)15/h3,5-11H,2H2,1H3. The smallest absolute Gasteiger partial charge is 0.00992 e. The van der Waals surface area contributed by atoms with Crippen molar-refractivity contribution in [3.63, 3.8) is 0 Å². The molecule has 0 nitrogen and oxygen atoms in total. The summed E-state index contributed by atoms with van der Waals surface area (Å²) in [6, 6.07) is 18.3. The minimum Gasteiger partial charge on any atom is -0.0645 e. The molecule has 0 aliphatic heterocycles. The van der Waals surface area contributed by atoms with Crippen LogP contribution in [0.3, 0.4) is 0 Å². The first-order valence-electron chi connectivity index (χ1n) is 5.51. The molecule has 0 aromatic heterocycles. The number of benzene rings is 2. The molecule has 15 heavy (non-hydrogen) atoms. The predicted molar refractivity (Wildman–Crippen MR) is 62.8 cm³/mol. The van der Waals surface area contributed by atoms with Crippen LogP contribution in [-0.4, -0.2) is 0 Å². The highest BCUT2D eigenvalue weighted by Crippen LogP contribution is 2.45. The van der Waals surface area contributed by atoms with Gasteiger partial charge in [-0.05, 0) is 40.8 Å². The molecule has 0 N–H and O–H groups in total. The molecule has 0 heteroatoms. The third-order valence-electron chi connectivity index (χ3n) is 3.31. The molecule has 1 aliphatic rings. The van der Waals surface area contributed by atoms with Crippen LogP contribution in [0.5, 0.6) is 0 Å². The first-order chi connectivity index (χ1) is 7.42. The fraction of sp³-hybridized carbons (Fsp3) is 0.200. The van der Waals surface area contributed by atoms with Crippen molar-refractivity contribution in [2.75, 3.05) is 0 Å². The van der Waals surface area contributed by atoms with E-state index in [-0.39, 0.29) is 0 Å². The van der Waals surface area contributed by atoms with E-state index >= 15 is 0 Å². The van der Waals surface area contributed by atoms with E-state index in [1.807, 2.05) is 6.07 Å². The fourth-order valence-electron chi connectivity index (χ4n) is 2.63. The van der Waals surface area contributed by atoms with Gasteiger partial charge in [-0.15, -0.1) is 0 Å². The first-order valence-corrected chi connectivity index (χ1v) is 5.51. The second-order valence-corrected chi connectivity index (χ2v) is 4.06. The lowest BCUT2D eigenvalue weighted by atomic mass is 9.95. The summed E-state index contributed by atoms with van der Waals surface area (Å²) in [6.07, 6.45) is 1.17. The maximum atomic E-state index is 3.19. The van der Waals surface area contributed by atoms with Crippen LogP contribution in [0.2, 0.25) is 0 Å². The quantitative estimate of drug-likeness (QED) is 0.642. The zero-order chi connectivity index (χ0) is 10.3. The maximum absolute atomic E-state index is 3.19. The summed E-state index contributed by atoms with van der Waals surface area (Å²) in [5.74, 6) is 0.577. The summed E-state index contributed by atoms with van der Waals surface area (Å²) in [5, 5.41) is 0. The highest BCUT2D eigenvalue weighted by Gasteiger charge is 2.25. The normalized spacial score (nSPS) is 13.7. The molecule has 0 fully saturated rings. The van der Waals surface area contributed by atoms with Crippen LogP contribution in [0.4, 0.5) is 0 Å². The lowest BCUT2D eigenvalue weighted by molar-refractivity contribution is 0.797. The Labute approximate surface area is 90.6 Å². The molecule has 1 atom stereocenters. The van der Waals surface area contributed by atoms with Gasteiger partial charge < -0.3 is 0 Å². The summed E-state index contributed by atoms with van der Waals surface area (Å²) in [7, 11) is 0. The predicted octanol–water partition coefficient (Wildman–Crippen LogP) is 4.01. The summed E-state index contributed by atoms with van der Waals surface area (Å²) >= 11 is 0. The molecule has 1 aliphatic carbocycles. The van der Waals surface area contributed by atoms with Crippen molar-refractivity contribution in [2.45, 2.75) is 19.3 Å². The van der Waals surface area contributed by atoms with E-state index in [1.54, 1.807) is 0 Å². The van der Waals surface area contributed by atoms with Crippen molar-refractivity contribution >= 4 is 0 Å². The first kappa shape index (κ1) is 8.72. The van der Waals surface area contributed by atoms with Crippen LogP contribution >= 0.6 is 0 Å². The molecule has 0 heterocycles. The van der Waals surface area contributed by atoms with E-state index in [0.717, 1.165) is 0 Å². The topological polar surface area (TPSA) is 0 Å². The van der Waals surface area contributed by atoms with Gasteiger partial charge in [0.1, 0.15) is 0 Å². The maximum Gasteiger partial charge on any atom is 0.00992 e. The SMILES string of the molecule is CCC1c2c[c]ccc2-c2ccccc21. The monoisotopic (exact) mass is 193 g/mol. The molecule has 73 valence electrons. The molecular formula is C15H13.